The Bertz CT molecular complexity index is 296. The Labute approximate surface area is 101 Å². The molecule has 16 heavy (non-hydrogen) atoms. The van der Waals surface area contributed by atoms with E-state index >= 15 is 0 Å². The number of nitrogens with two attached hydrogens (primary N) is 1. The smallest absolute Gasteiger partial charge is 0.405 e. The molecule has 92 valence electrons. The molecular formula is C11H19ClN2O2. The van der Waals surface area contributed by atoms with Crippen LogP contribution in [0.3, 0.4) is 0 Å². The Hall–Kier alpha value is -0.480. The van der Waals surface area contributed by atoms with Crippen molar-refractivity contribution in [1.82, 2.24) is 5.32 Å². The third kappa shape index (κ3) is 1.59. The van der Waals surface area contributed by atoms with Gasteiger partial charge in [-0.25, -0.2) is 4.79 Å². The van der Waals surface area contributed by atoms with Crippen LogP contribution in [0.25, 0.3) is 0 Å². The first-order valence-corrected chi connectivity index (χ1v) is 5.86. The highest BCUT2D eigenvalue weighted by molar-refractivity contribution is 5.85. The predicted octanol–water partition coefficient (Wildman–Crippen LogP) is 1.58. The summed E-state index contributed by atoms with van der Waals surface area (Å²) in [4.78, 5) is 10.9. The molecule has 3 unspecified atom stereocenters. The first-order valence-electron chi connectivity index (χ1n) is 5.86. The van der Waals surface area contributed by atoms with E-state index in [1.54, 1.807) is 0 Å². The summed E-state index contributed by atoms with van der Waals surface area (Å²) in [6.45, 7) is 0. The maximum absolute atomic E-state index is 10.9. The van der Waals surface area contributed by atoms with Gasteiger partial charge >= 0.3 is 6.09 Å². The molecule has 0 spiro atoms. The van der Waals surface area contributed by atoms with Crippen molar-refractivity contribution < 1.29 is 9.90 Å². The lowest BCUT2D eigenvalue weighted by Gasteiger charge is -2.59. The van der Waals surface area contributed by atoms with Gasteiger partial charge in [0.1, 0.15) is 0 Å². The van der Waals surface area contributed by atoms with Crippen molar-refractivity contribution in [2.75, 3.05) is 0 Å². The van der Waals surface area contributed by atoms with Crippen LogP contribution in [0, 0.1) is 17.8 Å². The van der Waals surface area contributed by atoms with Crippen LogP contribution in [-0.4, -0.2) is 22.8 Å². The molecule has 0 aliphatic heterocycles. The molecule has 5 heteroatoms. The van der Waals surface area contributed by atoms with Crippen molar-refractivity contribution in [2.45, 2.75) is 43.7 Å². The molecule has 0 aromatic rings. The van der Waals surface area contributed by atoms with E-state index in [0.717, 1.165) is 12.8 Å². The van der Waals surface area contributed by atoms with E-state index in [-0.39, 0.29) is 24.0 Å². The van der Waals surface area contributed by atoms with Crippen molar-refractivity contribution in [1.29, 1.82) is 0 Å². The van der Waals surface area contributed by atoms with Crippen LogP contribution in [0.2, 0.25) is 0 Å². The summed E-state index contributed by atoms with van der Waals surface area (Å²) in [5.74, 6) is 1.99. The quantitative estimate of drug-likeness (QED) is 0.658. The van der Waals surface area contributed by atoms with E-state index in [9.17, 15) is 4.79 Å². The van der Waals surface area contributed by atoms with E-state index in [1.165, 1.54) is 19.3 Å². The number of hydrogen-bond acceptors (Lipinski definition) is 2. The fourth-order valence-corrected chi connectivity index (χ4v) is 4.48. The summed E-state index contributed by atoms with van der Waals surface area (Å²) in [7, 11) is 0. The minimum atomic E-state index is -0.910. The van der Waals surface area contributed by atoms with E-state index in [0.29, 0.717) is 17.8 Å². The first-order chi connectivity index (χ1) is 7.09. The van der Waals surface area contributed by atoms with Crippen LogP contribution < -0.4 is 11.1 Å². The van der Waals surface area contributed by atoms with Crippen LogP contribution in [0.15, 0.2) is 0 Å². The minimum absolute atomic E-state index is 0. The molecule has 0 radical (unpaired) electrons. The van der Waals surface area contributed by atoms with E-state index in [2.05, 4.69) is 5.32 Å². The highest BCUT2D eigenvalue weighted by Crippen LogP contribution is 2.54. The maximum Gasteiger partial charge on any atom is 0.405 e. The molecule has 4 bridgehead atoms. The lowest BCUT2D eigenvalue weighted by atomic mass is 9.51. The summed E-state index contributed by atoms with van der Waals surface area (Å²) >= 11 is 0. The third-order valence-electron chi connectivity index (χ3n) is 4.75. The lowest BCUT2D eigenvalue weighted by Crippen LogP contribution is -2.70. The molecule has 0 aromatic heterocycles. The van der Waals surface area contributed by atoms with Gasteiger partial charge < -0.3 is 16.2 Å². The maximum atomic E-state index is 10.9. The molecule has 0 heterocycles. The predicted molar refractivity (Wildman–Crippen MR) is 62.7 cm³/mol. The van der Waals surface area contributed by atoms with Crippen molar-refractivity contribution >= 4 is 18.5 Å². The number of carboxylic acid groups (broad SMARTS) is 1. The summed E-state index contributed by atoms with van der Waals surface area (Å²) in [6.07, 6.45) is 4.77. The minimum Gasteiger partial charge on any atom is -0.465 e. The Morgan fingerprint density at radius 3 is 2.31 bits per heavy atom. The number of nitrogens with one attached hydrogen (secondary N) is 1. The molecule has 3 atom stereocenters. The molecule has 0 aromatic carbocycles. The van der Waals surface area contributed by atoms with Crippen LogP contribution in [0.4, 0.5) is 4.79 Å². The molecule has 1 amide bonds. The van der Waals surface area contributed by atoms with Gasteiger partial charge in [-0.05, 0) is 49.9 Å². The van der Waals surface area contributed by atoms with Gasteiger partial charge in [0.2, 0.25) is 0 Å². The molecule has 4 fully saturated rings. The Balaban J connectivity index is 0.000000963. The summed E-state index contributed by atoms with van der Waals surface area (Å²) in [6, 6.07) is 0.0430. The van der Waals surface area contributed by atoms with Crippen LogP contribution in [0.1, 0.15) is 32.1 Å². The van der Waals surface area contributed by atoms with Gasteiger partial charge in [-0.2, -0.15) is 0 Å². The van der Waals surface area contributed by atoms with Gasteiger partial charge in [-0.3, -0.25) is 0 Å². The number of carbonyl (C=O) groups is 1. The molecule has 4 saturated carbocycles. The summed E-state index contributed by atoms with van der Waals surface area (Å²) in [5, 5.41) is 11.7. The van der Waals surface area contributed by atoms with Crippen LogP contribution in [-0.2, 0) is 0 Å². The molecule has 4 N–H and O–H groups in total. The second-order valence-corrected chi connectivity index (χ2v) is 5.72. The Morgan fingerprint density at radius 1 is 1.25 bits per heavy atom. The highest BCUT2D eigenvalue weighted by Gasteiger charge is 2.56. The molecule has 4 aliphatic carbocycles. The number of hydrogen-bond donors (Lipinski definition) is 3. The summed E-state index contributed by atoms with van der Waals surface area (Å²) < 4.78 is 0. The average Bonchev–Trinajstić information content (AvgIpc) is 2.11. The largest absolute Gasteiger partial charge is 0.465 e. The molecule has 4 rings (SSSR count). The fourth-order valence-electron chi connectivity index (χ4n) is 4.48. The highest BCUT2D eigenvalue weighted by atomic mass is 35.5. The van der Waals surface area contributed by atoms with Gasteiger partial charge in [0.05, 0.1) is 5.54 Å². The number of rotatable bonds is 1. The normalized spacial score (nSPS) is 48.6. The van der Waals surface area contributed by atoms with Gasteiger partial charge in [0.25, 0.3) is 0 Å². The van der Waals surface area contributed by atoms with E-state index < -0.39 is 6.09 Å². The average molecular weight is 247 g/mol. The van der Waals surface area contributed by atoms with Crippen molar-refractivity contribution in [3.8, 4) is 0 Å². The van der Waals surface area contributed by atoms with Crippen molar-refractivity contribution in [3.05, 3.63) is 0 Å². The van der Waals surface area contributed by atoms with Gasteiger partial charge in [0, 0.05) is 6.04 Å². The van der Waals surface area contributed by atoms with Crippen molar-refractivity contribution in [3.63, 3.8) is 0 Å². The van der Waals surface area contributed by atoms with Gasteiger partial charge in [-0.1, -0.05) is 0 Å². The lowest BCUT2D eigenvalue weighted by molar-refractivity contribution is -0.0351. The zero-order valence-electron chi connectivity index (χ0n) is 9.19. The molecular weight excluding hydrogens is 228 g/mol. The monoisotopic (exact) mass is 246 g/mol. The molecule has 0 saturated heterocycles. The Morgan fingerprint density at radius 2 is 1.81 bits per heavy atom. The standard InChI is InChI=1S/C11H18N2O2.ClH/c12-9-8-2-6-1-7(3-8)5-11(9,4-6)13-10(14)15;/h6-9,13H,1-5,12H2,(H,14,15);1H. The fraction of sp³-hybridized carbons (Fsp3) is 0.909. The van der Waals surface area contributed by atoms with E-state index in [1.807, 2.05) is 0 Å². The topological polar surface area (TPSA) is 75.3 Å². The molecule has 4 nitrogen and oxygen atoms in total. The molecule has 4 aliphatic rings. The first kappa shape index (κ1) is 12.0. The van der Waals surface area contributed by atoms with Crippen molar-refractivity contribution in [2.24, 2.45) is 23.5 Å². The zero-order valence-corrected chi connectivity index (χ0v) is 10.0. The zero-order chi connectivity index (χ0) is 10.6. The Kier molecular flexibility index (Phi) is 2.83. The van der Waals surface area contributed by atoms with Gasteiger partial charge in [-0.15, -0.1) is 12.4 Å². The second kappa shape index (κ2) is 3.77. The van der Waals surface area contributed by atoms with Crippen LogP contribution >= 0.6 is 12.4 Å². The van der Waals surface area contributed by atoms with Gasteiger partial charge in [0.15, 0.2) is 0 Å². The summed E-state index contributed by atoms with van der Waals surface area (Å²) in [5.41, 5.74) is 5.93. The number of halogens is 1. The second-order valence-electron chi connectivity index (χ2n) is 5.72. The van der Waals surface area contributed by atoms with E-state index in [4.69, 9.17) is 10.8 Å². The third-order valence-corrected chi connectivity index (χ3v) is 4.75. The SMILES string of the molecule is Cl.NC1C2CC3CC(C2)CC1(NC(=O)O)C3. The van der Waals surface area contributed by atoms with Crippen LogP contribution in [0.5, 0.6) is 0 Å². The number of amides is 1.